The van der Waals surface area contributed by atoms with E-state index in [2.05, 4.69) is 36.5 Å². The summed E-state index contributed by atoms with van der Waals surface area (Å²) < 4.78 is 0. The predicted octanol–water partition coefficient (Wildman–Crippen LogP) is 4.14. The van der Waals surface area contributed by atoms with Gasteiger partial charge < -0.3 is 11.1 Å². The zero-order chi connectivity index (χ0) is 17.7. The molecule has 1 aliphatic rings. The van der Waals surface area contributed by atoms with E-state index in [4.69, 9.17) is 5.73 Å². The van der Waals surface area contributed by atoms with Crippen molar-refractivity contribution in [2.24, 2.45) is 0 Å². The van der Waals surface area contributed by atoms with Gasteiger partial charge in [0.1, 0.15) is 0 Å². The second-order valence-electron chi connectivity index (χ2n) is 7.33. The van der Waals surface area contributed by atoms with Crippen LogP contribution < -0.4 is 11.1 Å². The molecule has 2 aromatic carbocycles. The van der Waals surface area contributed by atoms with Crippen LogP contribution in [0, 0.1) is 6.92 Å². The number of nitrogens with one attached hydrogen (secondary N) is 1. The fourth-order valence-corrected chi connectivity index (χ4v) is 3.96. The molecule has 0 radical (unpaired) electrons. The fourth-order valence-electron chi connectivity index (χ4n) is 3.96. The number of anilines is 1. The van der Waals surface area contributed by atoms with Crippen LogP contribution >= 0.6 is 0 Å². The van der Waals surface area contributed by atoms with Crippen LogP contribution in [0.5, 0.6) is 0 Å². The average molecular weight is 336 g/mol. The van der Waals surface area contributed by atoms with Gasteiger partial charge in [-0.2, -0.15) is 0 Å². The second-order valence-corrected chi connectivity index (χ2v) is 7.33. The molecule has 0 saturated heterocycles. The Bertz CT molecular complexity index is 732. The molecule has 0 bridgehead atoms. The highest BCUT2D eigenvalue weighted by Gasteiger charge is 2.35. The topological polar surface area (TPSA) is 55.1 Å². The summed E-state index contributed by atoms with van der Waals surface area (Å²) in [5.41, 5.74) is 10.5. The van der Waals surface area contributed by atoms with Crippen molar-refractivity contribution in [2.45, 2.75) is 50.9 Å². The van der Waals surface area contributed by atoms with Gasteiger partial charge in [0, 0.05) is 24.1 Å². The van der Waals surface area contributed by atoms with Crippen molar-refractivity contribution in [3.8, 4) is 0 Å². The maximum absolute atomic E-state index is 12.4. The van der Waals surface area contributed by atoms with E-state index in [1.165, 1.54) is 24.0 Å². The van der Waals surface area contributed by atoms with E-state index in [0.717, 1.165) is 30.6 Å². The van der Waals surface area contributed by atoms with Gasteiger partial charge in [-0.3, -0.25) is 4.79 Å². The van der Waals surface area contributed by atoms with Crippen LogP contribution in [0.2, 0.25) is 0 Å². The molecule has 0 spiro atoms. The van der Waals surface area contributed by atoms with Crippen LogP contribution in [-0.4, -0.2) is 12.5 Å². The summed E-state index contributed by atoms with van der Waals surface area (Å²) in [6.07, 6.45) is 5.97. The molecule has 3 nitrogen and oxygen atoms in total. The number of nitrogen functional groups attached to an aromatic ring is 1. The maximum Gasteiger partial charge on any atom is 0.220 e. The first-order valence-electron chi connectivity index (χ1n) is 9.26. The zero-order valence-corrected chi connectivity index (χ0v) is 15.1. The van der Waals surface area contributed by atoms with E-state index in [9.17, 15) is 4.79 Å². The molecule has 1 amide bonds. The summed E-state index contributed by atoms with van der Waals surface area (Å²) in [4.78, 5) is 12.4. The average Bonchev–Trinajstić information content (AvgIpc) is 3.09. The van der Waals surface area contributed by atoms with Crippen LogP contribution in [-0.2, 0) is 16.6 Å². The number of carbonyl (C=O) groups is 1. The van der Waals surface area contributed by atoms with E-state index in [1.54, 1.807) is 0 Å². The van der Waals surface area contributed by atoms with Crippen molar-refractivity contribution in [3.63, 3.8) is 0 Å². The monoisotopic (exact) mass is 336 g/mol. The van der Waals surface area contributed by atoms with Gasteiger partial charge in [0.05, 0.1) is 0 Å². The summed E-state index contributed by atoms with van der Waals surface area (Å²) in [6, 6.07) is 16.5. The third-order valence-electron chi connectivity index (χ3n) is 5.49. The van der Waals surface area contributed by atoms with Gasteiger partial charge >= 0.3 is 0 Å². The fraction of sp³-hybridized carbons (Fsp3) is 0.409. The van der Waals surface area contributed by atoms with Crippen molar-refractivity contribution >= 4 is 11.6 Å². The molecule has 132 valence electrons. The highest BCUT2D eigenvalue weighted by molar-refractivity contribution is 5.76. The normalized spacial score (nSPS) is 15.9. The summed E-state index contributed by atoms with van der Waals surface area (Å²) in [7, 11) is 0. The molecule has 0 unspecified atom stereocenters. The summed E-state index contributed by atoms with van der Waals surface area (Å²) in [5, 5.41) is 3.19. The van der Waals surface area contributed by atoms with Gasteiger partial charge in [0.25, 0.3) is 0 Å². The minimum absolute atomic E-state index is 0.105. The third-order valence-corrected chi connectivity index (χ3v) is 5.49. The number of aryl methyl sites for hydroxylation is 2. The number of amides is 1. The largest absolute Gasteiger partial charge is 0.399 e. The van der Waals surface area contributed by atoms with Crippen LogP contribution in [0.25, 0.3) is 0 Å². The SMILES string of the molecule is Cc1cccc(C2(CNC(=O)CCc3ccccc3N)CCCC2)c1. The van der Waals surface area contributed by atoms with Crippen LogP contribution in [0.4, 0.5) is 5.69 Å². The van der Waals surface area contributed by atoms with Crippen molar-refractivity contribution in [3.05, 3.63) is 65.2 Å². The van der Waals surface area contributed by atoms with Gasteiger partial charge in [0.2, 0.25) is 5.91 Å². The molecule has 3 rings (SSSR count). The van der Waals surface area contributed by atoms with Gasteiger partial charge in [0.15, 0.2) is 0 Å². The van der Waals surface area contributed by atoms with Crippen molar-refractivity contribution in [1.29, 1.82) is 0 Å². The van der Waals surface area contributed by atoms with Crippen LogP contribution in [0.3, 0.4) is 0 Å². The van der Waals surface area contributed by atoms with E-state index in [1.807, 2.05) is 24.3 Å². The number of nitrogens with two attached hydrogens (primary N) is 1. The first-order chi connectivity index (χ1) is 12.1. The van der Waals surface area contributed by atoms with Crippen LogP contribution in [0.15, 0.2) is 48.5 Å². The number of rotatable bonds is 6. The molecule has 0 atom stereocenters. The smallest absolute Gasteiger partial charge is 0.220 e. The predicted molar refractivity (Wildman–Crippen MR) is 104 cm³/mol. The Labute approximate surface area is 150 Å². The van der Waals surface area contributed by atoms with Gasteiger partial charge in [-0.15, -0.1) is 0 Å². The summed E-state index contributed by atoms with van der Waals surface area (Å²) in [5.74, 6) is 0.113. The number of para-hydroxylation sites is 1. The molecule has 0 heterocycles. The Balaban J connectivity index is 1.60. The Morgan fingerprint density at radius 1 is 1.12 bits per heavy atom. The Hall–Kier alpha value is -2.29. The van der Waals surface area contributed by atoms with Crippen molar-refractivity contribution < 1.29 is 4.79 Å². The Kier molecular flexibility index (Phi) is 5.42. The Morgan fingerprint density at radius 2 is 1.88 bits per heavy atom. The highest BCUT2D eigenvalue weighted by Crippen LogP contribution is 2.40. The minimum Gasteiger partial charge on any atom is -0.399 e. The van der Waals surface area contributed by atoms with Gasteiger partial charge in [-0.25, -0.2) is 0 Å². The first kappa shape index (κ1) is 17.5. The molecule has 1 saturated carbocycles. The minimum atomic E-state index is 0.105. The van der Waals surface area contributed by atoms with E-state index >= 15 is 0 Å². The standard InChI is InChI=1S/C22H28N2O/c1-17-7-6-9-19(15-17)22(13-4-5-14-22)16-24-21(25)12-11-18-8-2-3-10-20(18)23/h2-3,6-10,15H,4-5,11-14,16,23H2,1H3,(H,24,25). The number of benzene rings is 2. The van der Waals surface area contributed by atoms with Crippen molar-refractivity contribution in [2.75, 3.05) is 12.3 Å². The quantitative estimate of drug-likeness (QED) is 0.779. The van der Waals surface area contributed by atoms with Crippen molar-refractivity contribution in [1.82, 2.24) is 5.32 Å². The second kappa shape index (κ2) is 7.73. The number of hydrogen-bond acceptors (Lipinski definition) is 2. The van der Waals surface area contributed by atoms with Crippen LogP contribution in [0.1, 0.15) is 48.8 Å². The van der Waals surface area contributed by atoms with E-state index in [0.29, 0.717) is 12.8 Å². The maximum atomic E-state index is 12.4. The molecule has 3 N–H and O–H groups in total. The lowest BCUT2D eigenvalue weighted by atomic mass is 9.78. The summed E-state index contributed by atoms with van der Waals surface area (Å²) in [6.45, 7) is 2.87. The molecule has 3 heteroatoms. The molecule has 25 heavy (non-hydrogen) atoms. The zero-order valence-electron chi connectivity index (χ0n) is 15.1. The highest BCUT2D eigenvalue weighted by atomic mass is 16.1. The van der Waals surface area contributed by atoms with E-state index < -0.39 is 0 Å². The molecule has 1 fully saturated rings. The lowest BCUT2D eigenvalue weighted by Crippen LogP contribution is -2.39. The first-order valence-corrected chi connectivity index (χ1v) is 9.26. The molecule has 0 aliphatic heterocycles. The third kappa shape index (κ3) is 4.22. The van der Waals surface area contributed by atoms with Gasteiger partial charge in [-0.1, -0.05) is 60.9 Å². The lowest BCUT2D eigenvalue weighted by Gasteiger charge is -2.30. The van der Waals surface area contributed by atoms with Gasteiger partial charge in [-0.05, 0) is 43.4 Å². The summed E-state index contributed by atoms with van der Waals surface area (Å²) >= 11 is 0. The molecular formula is C22H28N2O. The molecule has 2 aromatic rings. The number of carbonyl (C=O) groups excluding carboxylic acids is 1. The molecule has 0 aromatic heterocycles. The molecule has 1 aliphatic carbocycles. The Morgan fingerprint density at radius 3 is 2.60 bits per heavy atom. The van der Waals surface area contributed by atoms with E-state index in [-0.39, 0.29) is 11.3 Å². The lowest BCUT2D eigenvalue weighted by molar-refractivity contribution is -0.121. The number of hydrogen-bond donors (Lipinski definition) is 2. The molecular weight excluding hydrogens is 308 g/mol.